The lowest BCUT2D eigenvalue weighted by molar-refractivity contribution is -0.117. The van der Waals surface area contributed by atoms with Gasteiger partial charge in [0.1, 0.15) is 23.0 Å². The number of aliphatic imine (C=N–C) groups is 1. The van der Waals surface area contributed by atoms with Crippen LogP contribution in [0.4, 0.5) is 0 Å². The number of rotatable bonds is 9. The Morgan fingerprint density at radius 2 is 1.94 bits per heavy atom. The fourth-order valence-electron chi connectivity index (χ4n) is 4.22. The first-order valence-electron chi connectivity index (χ1n) is 11.4. The van der Waals surface area contributed by atoms with Crippen LogP contribution in [-0.2, 0) is 11.2 Å². The van der Waals surface area contributed by atoms with Crippen molar-refractivity contribution in [3.05, 3.63) is 70.4 Å². The van der Waals surface area contributed by atoms with Crippen LogP contribution in [0.3, 0.4) is 0 Å². The number of allylic oxidation sites excluding steroid dienone is 1. The zero-order valence-electron chi connectivity index (χ0n) is 19.2. The van der Waals surface area contributed by atoms with E-state index in [0.29, 0.717) is 52.1 Å². The van der Waals surface area contributed by atoms with E-state index in [-0.39, 0.29) is 17.8 Å². The maximum Gasteiger partial charge on any atom is 0.252 e. The van der Waals surface area contributed by atoms with Gasteiger partial charge in [-0.2, -0.15) is 0 Å². The average molecular weight is 490 g/mol. The number of hydrogen-bond acceptors (Lipinski definition) is 6. The SMILES string of the molecule is COc1cc2nccc(Oc3ccc(CC(=O)CC4=CC(C5CC5)=NC4)c(Cl)c3)c2cc1C(N)=O. The fraction of sp³-hybridized carbons (Fsp3) is 0.259. The summed E-state index contributed by atoms with van der Waals surface area (Å²) in [6.45, 7) is 0.626. The van der Waals surface area contributed by atoms with Crippen molar-refractivity contribution in [3.63, 3.8) is 0 Å². The highest BCUT2D eigenvalue weighted by Crippen LogP contribution is 2.35. The summed E-state index contributed by atoms with van der Waals surface area (Å²) in [4.78, 5) is 33.4. The number of carbonyl (C=O) groups excluding carboxylic acids is 2. The van der Waals surface area contributed by atoms with Gasteiger partial charge in [-0.25, -0.2) is 0 Å². The van der Waals surface area contributed by atoms with Crippen LogP contribution >= 0.6 is 11.6 Å². The molecule has 1 aliphatic carbocycles. The molecule has 7 nitrogen and oxygen atoms in total. The van der Waals surface area contributed by atoms with Crippen molar-refractivity contribution in [2.45, 2.75) is 25.7 Å². The van der Waals surface area contributed by atoms with E-state index < -0.39 is 5.91 Å². The molecule has 0 radical (unpaired) electrons. The lowest BCUT2D eigenvalue weighted by Crippen LogP contribution is -2.12. The van der Waals surface area contributed by atoms with E-state index in [4.69, 9.17) is 26.8 Å². The van der Waals surface area contributed by atoms with Gasteiger partial charge in [0.15, 0.2) is 0 Å². The van der Waals surface area contributed by atoms with Crippen LogP contribution < -0.4 is 15.2 Å². The summed E-state index contributed by atoms with van der Waals surface area (Å²) >= 11 is 6.49. The number of carbonyl (C=O) groups is 2. The molecule has 2 heterocycles. The summed E-state index contributed by atoms with van der Waals surface area (Å²) in [6.07, 6.45) is 6.74. The molecule has 8 heteroatoms. The first-order chi connectivity index (χ1) is 16.9. The van der Waals surface area contributed by atoms with Gasteiger partial charge in [0.05, 0.1) is 24.7 Å². The normalized spacial score (nSPS) is 15.0. The van der Waals surface area contributed by atoms with Gasteiger partial charge < -0.3 is 15.2 Å². The molecular formula is C27H24ClN3O4. The molecule has 0 saturated heterocycles. The number of halogens is 1. The molecule has 1 aliphatic heterocycles. The van der Waals surface area contributed by atoms with Gasteiger partial charge in [0.2, 0.25) is 0 Å². The van der Waals surface area contributed by atoms with E-state index in [9.17, 15) is 9.59 Å². The molecule has 0 bridgehead atoms. The number of Topliss-reactive ketones (excluding diaryl/α,β-unsaturated/α-hetero) is 1. The Bertz CT molecular complexity index is 1410. The van der Waals surface area contributed by atoms with E-state index >= 15 is 0 Å². The lowest BCUT2D eigenvalue weighted by Gasteiger charge is -2.13. The number of methoxy groups -OCH3 is 1. The van der Waals surface area contributed by atoms with Crippen LogP contribution in [-0.4, -0.2) is 36.0 Å². The summed E-state index contributed by atoms with van der Waals surface area (Å²) in [5.41, 5.74) is 9.29. The van der Waals surface area contributed by atoms with E-state index in [2.05, 4.69) is 16.1 Å². The Morgan fingerprint density at radius 1 is 1.11 bits per heavy atom. The third-order valence-electron chi connectivity index (χ3n) is 6.16. The van der Waals surface area contributed by atoms with Crippen LogP contribution in [0.1, 0.15) is 35.2 Å². The number of hydrogen-bond donors (Lipinski definition) is 1. The molecule has 2 N–H and O–H groups in total. The van der Waals surface area contributed by atoms with Gasteiger partial charge in [0.25, 0.3) is 5.91 Å². The zero-order chi connectivity index (χ0) is 24.5. The Kier molecular flexibility index (Phi) is 6.26. The zero-order valence-corrected chi connectivity index (χ0v) is 20.0. The predicted octanol–water partition coefficient (Wildman–Crippen LogP) is 5.08. The number of fused-ring (bicyclic) bond motifs is 1. The minimum absolute atomic E-state index is 0.104. The highest BCUT2D eigenvalue weighted by Gasteiger charge is 2.28. The summed E-state index contributed by atoms with van der Waals surface area (Å²) in [6, 6.07) is 10.2. The van der Waals surface area contributed by atoms with Gasteiger partial charge >= 0.3 is 0 Å². The highest BCUT2D eigenvalue weighted by molar-refractivity contribution is 6.31. The molecule has 35 heavy (non-hydrogen) atoms. The molecule has 2 aliphatic rings. The van der Waals surface area contributed by atoms with Crippen LogP contribution in [0.25, 0.3) is 10.9 Å². The molecule has 3 aromatic rings. The molecule has 1 saturated carbocycles. The summed E-state index contributed by atoms with van der Waals surface area (Å²) in [5.74, 6) is 1.42. The minimum Gasteiger partial charge on any atom is -0.496 e. The number of primary amides is 1. The van der Waals surface area contributed by atoms with Crippen molar-refractivity contribution < 1.29 is 19.1 Å². The van der Waals surface area contributed by atoms with Crippen molar-refractivity contribution >= 4 is 39.9 Å². The molecule has 1 amide bonds. The maximum atomic E-state index is 12.6. The molecule has 178 valence electrons. The molecule has 2 aromatic carbocycles. The quantitative estimate of drug-likeness (QED) is 0.451. The minimum atomic E-state index is -0.612. The van der Waals surface area contributed by atoms with Gasteiger partial charge in [-0.3, -0.25) is 19.6 Å². The summed E-state index contributed by atoms with van der Waals surface area (Å²) in [5, 5.41) is 1.05. The largest absolute Gasteiger partial charge is 0.496 e. The van der Waals surface area contributed by atoms with Gasteiger partial charge in [-0.05, 0) is 54.3 Å². The topological polar surface area (TPSA) is 104 Å². The number of aromatic nitrogens is 1. The molecule has 5 rings (SSSR count). The Morgan fingerprint density at radius 3 is 2.66 bits per heavy atom. The molecular weight excluding hydrogens is 466 g/mol. The Labute approximate surface area is 207 Å². The second-order valence-corrected chi connectivity index (χ2v) is 9.22. The molecule has 0 spiro atoms. The third kappa shape index (κ3) is 5.05. The van der Waals surface area contributed by atoms with Crippen LogP contribution in [0.15, 0.2) is 59.2 Å². The van der Waals surface area contributed by atoms with Gasteiger partial charge in [-0.1, -0.05) is 17.7 Å². The Balaban J connectivity index is 1.31. The molecule has 0 atom stereocenters. The predicted molar refractivity (Wildman–Crippen MR) is 135 cm³/mol. The van der Waals surface area contributed by atoms with Crippen molar-refractivity contribution in [2.75, 3.05) is 13.7 Å². The lowest BCUT2D eigenvalue weighted by atomic mass is 10.0. The third-order valence-corrected chi connectivity index (χ3v) is 6.52. The number of pyridine rings is 1. The van der Waals surface area contributed by atoms with Crippen LogP contribution in [0.5, 0.6) is 17.2 Å². The molecule has 0 unspecified atom stereocenters. The van der Waals surface area contributed by atoms with E-state index in [1.807, 2.05) is 0 Å². The number of amides is 1. The second-order valence-electron chi connectivity index (χ2n) is 8.81. The van der Waals surface area contributed by atoms with Gasteiger partial charge in [-0.15, -0.1) is 0 Å². The number of nitrogens with zero attached hydrogens (tertiary/aromatic N) is 2. The van der Waals surface area contributed by atoms with Crippen molar-refractivity contribution in [1.29, 1.82) is 0 Å². The molecule has 1 aromatic heterocycles. The first-order valence-corrected chi connectivity index (χ1v) is 11.8. The van der Waals surface area contributed by atoms with Crippen molar-refractivity contribution in [2.24, 2.45) is 16.6 Å². The smallest absolute Gasteiger partial charge is 0.252 e. The monoisotopic (exact) mass is 489 g/mol. The number of benzene rings is 2. The standard InChI is InChI=1S/C27H24ClN3O4/c1-34-26-13-24-20(12-21(26)27(29)33)25(6-7-30-24)35-19-5-4-17(22(28)11-19)10-18(32)8-15-9-23(31-14-15)16-2-3-16/h4-7,9,11-13,16H,2-3,8,10,14H2,1H3,(H2,29,33). The van der Waals surface area contributed by atoms with E-state index in [1.165, 1.54) is 20.0 Å². The highest BCUT2D eigenvalue weighted by atomic mass is 35.5. The van der Waals surface area contributed by atoms with Crippen LogP contribution in [0, 0.1) is 5.92 Å². The van der Waals surface area contributed by atoms with E-state index in [1.54, 1.807) is 42.6 Å². The summed E-state index contributed by atoms with van der Waals surface area (Å²) in [7, 11) is 1.46. The van der Waals surface area contributed by atoms with Gasteiger partial charge in [0, 0.05) is 47.1 Å². The van der Waals surface area contributed by atoms with E-state index in [0.717, 1.165) is 16.8 Å². The Hall–Kier alpha value is -3.71. The van der Waals surface area contributed by atoms with Crippen molar-refractivity contribution in [3.8, 4) is 17.2 Å². The first kappa shape index (κ1) is 23.1. The second kappa shape index (κ2) is 9.50. The van der Waals surface area contributed by atoms with Crippen molar-refractivity contribution in [1.82, 2.24) is 4.98 Å². The molecule has 1 fully saturated rings. The van der Waals surface area contributed by atoms with Crippen LogP contribution in [0.2, 0.25) is 5.02 Å². The summed E-state index contributed by atoms with van der Waals surface area (Å²) < 4.78 is 11.3. The fourth-order valence-corrected chi connectivity index (χ4v) is 4.45. The number of nitrogens with two attached hydrogens (primary N) is 1. The number of ketones is 1. The average Bonchev–Trinajstić information content (AvgIpc) is 3.59. The maximum absolute atomic E-state index is 12.6. The number of ether oxygens (including phenoxy) is 2.